The van der Waals surface area contributed by atoms with Crippen molar-refractivity contribution in [2.24, 2.45) is 0 Å². The first kappa shape index (κ1) is 7.41. The van der Waals surface area contributed by atoms with E-state index in [-0.39, 0.29) is 11.0 Å². The first-order valence-electron chi connectivity index (χ1n) is 3.84. The smallest absolute Gasteiger partial charge is 0.287 e. The van der Waals surface area contributed by atoms with Crippen LogP contribution < -0.4 is 10.6 Å². The van der Waals surface area contributed by atoms with E-state index in [1.807, 2.05) is 11.8 Å². The summed E-state index contributed by atoms with van der Waals surface area (Å²) in [6.45, 7) is 8.98. The van der Waals surface area contributed by atoms with Crippen molar-refractivity contribution in [3.63, 3.8) is 0 Å². The van der Waals surface area contributed by atoms with E-state index in [0.717, 1.165) is 25.3 Å². The molecule has 0 radical (unpaired) electrons. The van der Waals surface area contributed by atoms with Crippen LogP contribution in [-0.4, -0.2) is 29.9 Å². The first-order valence-corrected chi connectivity index (χ1v) is 4.82. The molecule has 0 amide bonds. The van der Waals surface area contributed by atoms with Crippen molar-refractivity contribution in [1.29, 1.82) is 0 Å². The Labute approximate surface area is 70.7 Å². The molecule has 60 valence electrons. The topological polar surface area (TPSA) is 28.4 Å². The van der Waals surface area contributed by atoms with Crippen molar-refractivity contribution in [2.75, 3.05) is 18.8 Å². The summed E-state index contributed by atoms with van der Waals surface area (Å²) >= 11 is 1.90. The predicted molar refractivity (Wildman–Crippen MR) is 46.2 cm³/mol. The van der Waals surface area contributed by atoms with E-state index in [4.69, 9.17) is 6.57 Å². The minimum atomic E-state index is 0.0555. The Kier molecular flexibility index (Phi) is 1.80. The largest absolute Gasteiger partial charge is 0.314 e. The summed E-state index contributed by atoms with van der Waals surface area (Å²) in [6, 6.07) is 0. The third-order valence-corrected chi connectivity index (χ3v) is 3.72. The van der Waals surface area contributed by atoms with Gasteiger partial charge in [0.25, 0.3) is 6.17 Å². The maximum absolute atomic E-state index is 6.88. The molecule has 0 bridgehead atoms. The highest BCUT2D eigenvalue weighted by Crippen LogP contribution is 2.35. The number of hydrogen-bond acceptors (Lipinski definition) is 3. The van der Waals surface area contributed by atoms with Crippen molar-refractivity contribution in [3.8, 4) is 0 Å². The van der Waals surface area contributed by atoms with E-state index in [0.29, 0.717) is 0 Å². The zero-order valence-electron chi connectivity index (χ0n) is 6.26. The summed E-state index contributed by atoms with van der Waals surface area (Å²) in [5.74, 6) is 0.950. The van der Waals surface area contributed by atoms with Crippen molar-refractivity contribution in [3.05, 3.63) is 11.4 Å². The van der Waals surface area contributed by atoms with Crippen LogP contribution >= 0.6 is 11.8 Å². The van der Waals surface area contributed by atoms with E-state index in [2.05, 4.69) is 15.5 Å². The van der Waals surface area contributed by atoms with Gasteiger partial charge < -0.3 is 5.32 Å². The molecule has 0 aromatic rings. The number of nitrogens with zero attached hydrogens (tertiary/aromatic N) is 1. The second-order valence-electron chi connectivity index (χ2n) is 3.02. The van der Waals surface area contributed by atoms with E-state index in [1.165, 1.54) is 0 Å². The van der Waals surface area contributed by atoms with Crippen LogP contribution in [0.25, 0.3) is 4.85 Å². The fraction of sp³-hybridized carbons (Fsp3) is 0.857. The molecule has 3 nitrogen and oxygen atoms in total. The maximum atomic E-state index is 6.88. The Balaban J connectivity index is 2.03. The monoisotopic (exact) mass is 169 g/mol. The molecule has 0 aromatic carbocycles. The molecule has 2 atom stereocenters. The first-order chi connectivity index (χ1) is 5.35. The van der Waals surface area contributed by atoms with Gasteiger partial charge in [-0.15, -0.1) is 11.8 Å². The fourth-order valence-electron chi connectivity index (χ4n) is 1.61. The molecule has 0 saturated carbocycles. The van der Waals surface area contributed by atoms with Gasteiger partial charge in [-0.1, -0.05) is 0 Å². The molecular formula is C7H11N3S. The molecule has 2 heterocycles. The minimum absolute atomic E-state index is 0.0555. The average Bonchev–Trinajstić information content (AvgIpc) is 2.62. The van der Waals surface area contributed by atoms with Gasteiger partial charge in [0, 0.05) is 6.54 Å². The van der Waals surface area contributed by atoms with Crippen LogP contribution in [0.1, 0.15) is 6.42 Å². The highest BCUT2D eigenvalue weighted by atomic mass is 32.2. The Morgan fingerprint density at radius 3 is 3.09 bits per heavy atom. The van der Waals surface area contributed by atoms with Crippen LogP contribution in [-0.2, 0) is 0 Å². The van der Waals surface area contributed by atoms with Gasteiger partial charge in [-0.25, -0.2) is 11.9 Å². The molecule has 2 N–H and O–H groups in total. The van der Waals surface area contributed by atoms with Gasteiger partial charge in [0.05, 0.1) is 10.6 Å². The maximum Gasteiger partial charge on any atom is 0.287 e. The molecule has 0 aromatic heterocycles. The third kappa shape index (κ3) is 1.24. The summed E-state index contributed by atoms with van der Waals surface area (Å²) < 4.78 is 0. The van der Waals surface area contributed by atoms with Gasteiger partial charge in [0.15, 0.2) is 0 Å². The fourth-order valence-corrected chi connectivity index (χ4v) is 2.92. The number of nitrogens with one attached hydrogen (secondary N) is 2. The molecule has 11 heavy (non-hydrogen) atoms. The molecule has 1 spiro atoms. The van der Waals surface area contributed by atoms with E-state index in [1.54, 1.807) is 0 Å². The zero-order chi connectivity index (χ0) is 7.73. The Hall–Kier alpha value is -0.240. The highest BCUT2D eigenvalue weighted by Gasteiger charge is 2.43. The van der Waals surface area contributed by atoms with Crippen LogP contribution in [0, 0.1) is 6.57 Å². The van der Waals surface area contributed by atoms with Crippen molar-refractivity contribution in [2.45, 2.75) is 17.5 Å². The lowest BCUT2D eigenvalue weighted by molar-refractivity contribution is 0.502. The summed E-state index contributed by atoms with van der Waals surface area (Å²) in [5, 5.41) is 6.68. The molecule has 2 fully saturated rings. The second kappa shape index (κ2) is 2.67. The molecule has 1 unspecified atom stereocenters. The zero-order valence-corrected chi connectivity index (χ0v) is 7.08. The normalized spacial score (nSPS) is 43.0. The van der Waals surface area contributed by atoms with Crippen molar-refractivity contribution >= 4 is 11.8 Å². The summed E-state index contributed by atoms with van der Waals surface area (Å²) in [6.07, 6.45) is 1.21. The molecule has 2 aliphatic rings. The van der Waals surface area contributed by atoms with Crippen LogP contribution in [0.5, 0.6) is 0 Å². The van der Waals surface area contributed by atoms with Gasteiger partial charge in [-0.05, 0) is 13.0 Å². The predicted octanol–water partition coefficient (Wildman–Crippen LogP) is 0.258. The molecule has 2 rings (SSSR count). The van der Waals surface area contributed by atoms with Crippen LogP contribution in [0.3, 0.4) is 0 Å². The molecule has 0 aliphatic carbocycles. The quantitative estimate of drug-likeness (QED) is 0.509. The molecule has 4 heteroatoms. The molecular weight excluding hydrogens is 158 g/mol. The Morgan fingerprint density at radius 1 is 1.64 bits per heavy atom. The lowest BCUT2D eigenvalue weighted by Gasteiger charge is -2.19. The van der Waals surface area contributed by atoms with Gasteiger partial charge in [-0.3, -0.25) is 4.85 Å². The van der Waals surface area contributed by atoms with Crippen molar-refractivity contribution in [1.82, 2.24) is 10.6 Å². The van der Waals surface area contributed by atoms with Gasteiger partial charge in [-0.2, -0.15) is 0 Å². The highest BCUT2D eigenvalue weighted by molar-refractivity contribution is 8.01. The van der Waals surface area contributed by atoms with Gasteiger partial charge in [0.1, 0.15) is 0 Å². The van der Waals surface area contributed by atoms with E-state index < -0.39 is 0 Å². The van der Waals surface area contributed by atoms with Crippen LogP contribution in [0.2, 0.25) is 0 Å². The summed E-state index contributed by atoms with van der Waals surface area (Å²) in [4.78, 5) is 3.70. The summed E-state index contributed by atoms with van der Waals surface area (Å²) in [5.41, 5.74) is 0. The van der Waals surface area contributed by atoms with E-state index in [9.17, 15) is 0 Å². The molecule has 2 saturated heterocycles. The van der Waals surface area contributed by atoms with Gasteiger partial charge >= 0.3 is 0 Å². The average molecular weight is 169 g/mol. The van der Waals surface area contributed by atoms with Crippen LogP contribution in [0.15, 0.2) is 0 Å². The van der Waals surface area contributed by atoms with Crippen LogP contribution in [0.4, 0.5) is 0 Å². The standard InChI is InChI=1S/C7H11N3S/c1-8-6-4-11-7(10-6)2-3-9-5-7/h6,9-10H,2-5H2/t6-,7?/m0/s1. The number of thioether (sulfide) groups is 1. The SMILES string of the molecule is [C-]#[N+][C@@H]1CSC2(CCNC2)N1. The Morgan fingerprint density at radius 2 is 2.55 bits per heavy atom. The lowest BCUT2D eigenvalue weighted by atomic mass is 10.2. The van der Waals surface area contributed by atoms with Crippen molar-refractivity contribution < 1.29 is 0 Å². The third-order valence-electron chi connectivity index (χ3n) is 2.22. The van der Waals surface area contributed by atoms with Gasteiger partial charge in [0.2, 0.25) is 0 Å². The summed E-state index contributed by atoms with van der Waals surface area (Å²) in [7, 11) is 0. The number of rotatable bonds is 0. The minimum Gasteiger partial charge on any atom is -0.314 e. The Bertz CT molecular complexity index is 192. The lowest BCUT2D eigenvalue weighted by Crippen LogP contribution is -2.42. The number of hydrogen-bond donors (Lipinski definition) is 2. The van der Waals surface area contributed by atoms with E-state index >= 15 is 0 Å². The second-order valence-corrected chi connectivity index (χ2v) is 4.42. The molecule has 2 aliphatic heterocycles.